The molecule has 1 heterocycles. The van der Waals surface area contributed by atoms with Crippen LogP contribution in [0, 0.1) is 10.5 Å². The van der Waals surface area contributed by atoms with E-state index in [-0.39, 0.29) is 0 Å². The van der Waals surface area contributed by atoms with Crippen molar-refractivity contribution in [2.45, 2.75) is 6.92 Å². The lowest BCUT2D eigenvalue weighted by Crippen LogP contribution is -1.93. The van der Waals surface area contributed by atoms with E-state index in [1.54, 1.807) is 0 Å². The van der Waals surface area contributed by atoms with Crippen LogP contribution >= 0.6 is 22.6 Å². The quantitative estimate of drug-likeness (QED) is 0.668. The molecule has 0 unspecified atom stereocenters. The molecule has 0 saturated carbocycles. The van der Waals surface area contributed by atoms with Crippen molar-refractivity contribution < 1.29 is 9.47 Å². The second kappa shape index (κ2) is 2.55. The zero-order valence-electron chi connectivity index (χ0n) is 6.06. The number of halogens is 1. The van der Waals surface area contributed by atoms with Gasteiger partial charge < -0.3 is 9.47 Å². The molecular formula is C8H7IO2. The zero-order valence-corrected chi connectivity index (χ0v) is 8.21. The van der Waals surface area contributed by atoms with E-state index in [0.29, 0.717) is 6.79 Å². The van der Waals surface area contributed by atoms with Gasteiger partial charge in [-0.3, -0.25) is 0 Å². The van der Waals surface area contributed by atoms with Gasteiger partial charge in [0.1, 0.15) is 0 Å². The Morgan fingerprint density at radius 1 is 1.27 bits per heavy atom. The molecule has 0 spiro atoms. The van der Waals surface area contributed by atoms with Crippen LogP contribution in [0.15, 0.2) is 12.1 Å². The Labute approximate surface area is 78.6 Å². The molecule has 1 aromatic rings. The number of benzene rings is 1. The molecule has 1 aromatic carbocycles. The highest BCUT2D eigenvalue weighted by Gasteiger charge is 2.18. The molecule has 11 heavy (non-hydrogen) atoms. The summed E-state index contributed by atoms with van der Waals surface area (Å²) in [5.74, 6) is 1.79. The maximum Gasteiger partial charge on any atom is 0.231 e. The van der Waals surface area contributed by atoms with Gasteiger partial charge in [-0.15, -0.1) is 0 Å². The average Bonchev–Trinajstić information content (AvgIpc) is 2.45. The first-order chi connectivity index (χ1) is 5.29. The van der Waals surface area contributed by atoms with Crippen molar-refractivity contribution in [3.8, 4) is 11.5 Å². The summed E-state index contributed by atoms with van der Waals surface area (Å²) in [5, 5.41) is 0. The van der Waals surface area contributed by atoms with Crippen molar-refractivity contribution >= 4 is 22.6 Å². The second-order valence-corrected chi connectivity index (χ2v) is 3.59. The maximum atomic E-state index is 5.28. The molecule has 0 radical (unpaired) electrons. The molecule has 3 heteroatoms. The van der Waals surface area contributed by atoms with Gasteiger partial charge in [0.2, 0.25) is 6.79 Å². The van der Waals surface area contributed by atoms with Crippen molar-refractivity contribution in [3.05, 3.63) is 21.3 Å². The molecule has 2 rings (SSSR count). The average molecular weight is 262 g/mol. The van der Waals surface area contributed by atoms with E-state index in [1.165, 1.54) is 0 Å². The summed E-state index contributed by atoms with van der Waals surface area (Å²) in [6, 6.07) is 4.07. The summed E-state index contributed by atoms with van der Waals surface area (Å²) in [6.07, 6.45) is 0. The van der Waals surface area contributed by atoms with Gasteiger partial charge in [0.05, 0.1) is 3.57 Å². The van der Waals surface area contributed by atoms with E-state index >= 15 is 0 Å². The lowest BCUT2D eigenvalue weighted by molar-refractivity contribution is 0.173. The highest BCUT2D eigenvalue weighted by molar-refractivity contribution is 14.1. The summed E-state index contributed by atoms with van der Waals surface area (Å²) >= 11 is 2.24. The lowest BCUT2D eigenvalue weighted by atomic mass is 10.2. The van der Waals surface area contributed by atoms with Crippen LogP contribution < -0.4 is 9.47 Å². The summed E-state index contributed by atoms with van der Waals surface area (Å²) in [6.45, 7) is 2.37. The number of hydrogen-bond donors (Lipinski definition) is 0. The van der Waals surface area contributed by atoms with Crippen molar-refractivity contribution in [1.29, 1.82) is 0 Å². The maximum absolute atomic E-state index is 5.28. The molecular weight excluding hydrogens is 255 g/mol. The van der Waals surface area contributed by atoms with E-state index < -0.39 is 0 Å². The van der Waals surface area contributed by atoms with Gasteiger partial charge in [0, 0.05) is 0 Å². The first kappa shape index (κ1) is 7.21. The first-order valence-electron chi connectivity index (χ1n) is 3.34. The SMILES string of the molecule is Cc1ccc(I)c2c1OCO2. The minimum absolute atomic E-state index is 0.357. The van der Waals surface area contributed by atoms with Crippen molar-refractivity contribution in [3.63, 3.8) is 0 Å². The van der Waals surface area contributed by atoms with Gasteiger partial charge in [0.25, 0.3) is 0 Å². The van der Waals surface area contributed by atoms with Gasteiger partial charge in [-0.25, -0.2) is 0 Å². The highest BCUT2D eigenvalue weighted by atomic mass is 127. The standard InChI is InChI=1S/C8H7IO2/c1-5-2-3-6(9)8-7(5)10-4-11-8/h2-3H,4H2,1H3. The Morgan fingerprint density at radius 3 is 2.73 bits per heavy atom. The Balaban J connectivity index is 2.64. The molecule has 58 valence electrons. The molecule has 0 bridgehead atoms. The number of ether oxygens (including phenoxy) is 2. The molecule has 0 fully saturated rings. The fraction of sp³-hybridized carbons (Fsp3) is 0.250. The fourth-order valence-electron chi connectivity index (χ4n) is 1.10. The molecule has 0 amide bonds. The predicted octanol–water partition coefficient (Wildman–Crippen LogP) is 2.33. The van der Waals surface area contributed by atoms with Crippen LogP contribution in [0.25, 0.3) is 0 Å². The second-order valence-electron chi connectivity index (χ2n) is 2.43. The van der Waals surface area contributed by atoms with Crippen LogP contribution in [0.1, 0.15) is 5.56 Å². The van der Waals surface area contributed by atoms with Crippen molar-refractivity contribution in [2.24, 2.45) is 0 Å². The Bertz CT molecular complexity index is 267. The van der Waals surface area contributed by atoms with Crippen LogP contribution in [-0.2, 0) is 0 Å². The molecule has 1 aliphatic heterocycles. The number of hydrogen-bond acceptors (Lipinski definition) is 2. The molecule has 0 saturated heterocycles. The minimum atomic E-state index is 0.357. The first-order valence-corrected chi connectivity index (χ1v) is 4.41. The largest absolute Gasteiger partial charge is 0.453 e. The molecule has 0 aromatic heterocycles. The predicted molar refractivity (Wildman–Crippen MR) is 50.0 cm³/mol. The lowest BCUT2D eigenvalue weighted by Gasteiger charge is -2.00. The Morgan fingerprint density at radius 2 is 2.00 bits per heavy atom. The van der Waals surface area contributed by atoms with Gasteiger partial charge in [0.15, 0.2) is 11.5 Å². The third-order valence-electron chi connectivity index (χ3n) is 1.67. The van der Waals surface area contributed by atoms with Crippen LogP contribution in [0.4, 0.5) is 0 Å². The molecule has 2 nitrogen and oxygen atoms in total. The van der Waals surface area contributed by atoms with Crippen LogP contribution in [0.5, 0.6) is 11.5 Å². The Hall–Kier alpha value is -0.450. The Kier molecular flexibility index (Phi) is 1.67. The highest BCUT2D eigenvalue weighted by Crippen LogP contribution is 2.38. The topological polar surface area (TPSA) is 18.5 Å². The normalized spacial score (nSPS) is 13.6. The van der Waals surface area contributed by atoms with E-state index in [1.807, 2.05) is 19.1 Å². The van der Waals surface area contributed by atoms with E-state index in [4.69, 9.17) is 9.47 Å². The van der Waals surface area contributed by atoms with Crippen molar-refractivity contribution in [2.75, 3.05) is 6.79 Å². The van der Waals surface area contributed by atoms with Crippen LogP contribution in [0.3, 0.4) is 0 Å². The van der Waals surface area contributed by atoms with Crippen LogP contribution in [-0.4, -0.2) is 6.79 Å². The van der Waals surface area contributed by atoms with Gasteiger partial charge in [-0.05, 0) is 41.1 Å². The zero-order chi connectivity index (χ0) is 7.84. The molecule has 1 aliphatic rings. The van der Waals surface area contributed by atoms with Gasteiger partial charge in [-0.1, -0.05) is 6.07 Å². The van der Waals surface area contributed by atoms with Gasteiger partial charge >= 0.3 is 0 Å². The van der Waals surface area contributed by atoms with E-state index in [0.717, 1.165) is 20.6 Å². The smallest absolute Gasteiger partial charge is 0.231 e. The summed E-state index contributed by atoms with van der Waals surface area (Å²) in [5.41, 5.74) is 1.14. The molecule has 0 aliphatic carbocycles. The van der Waals surface area contributed by atoms with Crippen molar-refractivity contribution in [1.82, 2.24) is 0 Å². The monoisotopic (exact) mass is 262 g/mol. The summed E-state index contributed by atoms with van der Waals surface area (Å²) in [4.78, 5) is 0. The number of aryl methyl sites for hydroxylation is 1. The minimum Gasteiger partial charge on any atom is -0.453 e. The number of fused-ring (bicyclic) bond motifs is 1. The van der Waals surface area contributed by atoms with Gasteiger partial charge in [-0.2, -0.15) is 0 Å². The molecule has 0 atom stereocenters. The van der Waals surface area contributed by atoms with E-state index in [2.05, 4.69) is 22.6 Å². The fourth-order valence-corrected chi connectivity index (χ4v) is 1.68. The molecule has 0 N–H and O–H groups in total. The van der Waals surface area contributed by atoms with Crippen LogP contribution in [0.2, 0.25) is 0 Å². The summed E-state index contributed by atoms with van der Waals surface area (Å²) in [7, 11) is 0. The summed E-state index contributed by atoms with van der Waals surface area (Å²) < 4.78 is 11.7. The van der Waals surface area contributed by atoms with E-state index in [9.17, 15) is 0 Å². The third kappa shape index (κ3) is 1.07. The third-order valence-corrected chi connectivity index (χ3v) is 2.52. The number of rotatable bonds is 0.